The van der Waals surface area contributed by atoms with Crippen molar-refractivity contribution in [3.63, 3.8) is 0 Å². The van der Waals surface area contributed by atoms with Gasteiger partial charge in [0, 0.05) is 31.6 Å². The molecule has 0 bridgehead atoms. The van der Waals surface area contributed by atoms with E-state index in [-0.39, 0.29) is 17.9 Å². The minimum Gasteiger partial charge on any atom is -0.497 e. The third-order valence-corrected chi connectivity index (χ3v) is 5.85. The first-order valence-corrected chi connectivity index (χ1v) is 10.3. The second-order valence-electron chi connectivity index (χ2n) is 7.71. The van der Waals surface area contributed by atoms with Gasteiger partial charge in [0.2, 0.25) is 5.91 Å². The molecule has 2 unspecified atom stereocenters. The number of nitrogens with zero attached hydrogens (tertiary/aromatic N) is 1. The molecule has 0 heterocycles. The number of benzene rings is 2. The lowest BCUT2D eigenvalue weighted by Gasteiger charge is -2.25. The van der Waals surface area contributed by atoms with Gasteiger partial charge in [-0.25, -0.2) is 0 Å². The van der Waals surface area contributed by atoms with Crippen LogP contribution in [0, 0.1) is 5.92 Å². The number of rotatable bonds is 7. The molecule has 2 atom stereocenters. The molecule has 2 aromatic carbocycles. The number of hydrogen-bond acceptors (Lipinski definition) is 3. The maximum absolute atomic E-state index is 12.9. The van der Waals surface area contributed by atoms with Gasteiger partial charge in [0.1, 0.15) is 5.75 Å². The summed E-state index contributed by atoms with van der Waals surface area (Å²) >= 11 is 0. The van der Waals surface area contributed by atoms with Gasteiger partial charge in [-0.05, 0) is 60.6 Å². The lowest BCUT2D eigenvalue weighted by atomic mass is 10.0. The summed E-state index contributed by atoms with van der Waals surface area (Å²) < 4.78 is 5.20. The van der Waals surface area contributed by atoms with Crippen molar-refractivity contribution < 1.29 is 14.3 Å². The highest BCUT2D eigenvalue weighted by molar-refractivity contribution is 5.94. The molecule has 3 rings (SSSR count). The van der Waals surface area contributed by atoms with Crippen LogP contribution >= 0.6 is 0 Å². The van der Waals surface area contributed by atoms with Crippen LogP contribution in [0.2, 0.25) is 0 Å². The smallest absolute Gasteiger partial charge is 0.253 e. The Balaban J connectivity index is 1.59. The molecule has 0 saturated heterocycles. The molecule has 1 aliphatic carbocycles. The maximum Gasteiger partial charge on any atom is 0.253 e. The van der Waals surface area contributed by atoms with Crippen molar-refractivity contribution in [1.29, 1.82) is 0 Å². The van der Waals surface area contributed by atoms with Crippen molar-refractivity contribution in [2.24, 2.45) is 5.92 Å². The Hall–Kier alpha value is -2.82. The van der Waals surface area contributed by atoms with E-state index in [9.17, 15) is 9.59 Å². The standard InChI is InChI=1S/C24H30N2O3/c1-4-23(27)25-16-17-5-12-21(15-17)26(2)24(28)20-8-6-18(7-9-20)19-10-13-22(29-3)14-11-19/h6-11,13-14,17,21H,4-5,12,15-16H2,1-3H3,(H,25,27). The summed E-state index contributed by atoms with van der Waals surface area (Å²) in [6.45, 7) is 2.57. The predicted molar refractivity (Wildman–Crippen MR) is 115 cm³/mol. The third-order valence-electron chi connectivity index (χ3n) is 5.85. The SMILES string of the molecule is CCC(=O)NCC1CCC(N(C)C(=O)c2ccc(-c3ccc(OC)cc3)cc2)C1. The van der Waals surface area contributed by atoms with Crippen LogP contribution in [0.5, 0.6) is 5.75 Å². The van der Waals surface area contributed by atoms with E-state index >= 15 is 0 Å². The lowest BCUT2D eigenvalue weighted by molar-refractivity contribution is -0.120. The second kappa shape index (κ2) is 9.59. The maximum atomic E-state index is 12.9. The molecule has 0 aliphatic heterocycles. The summed E-state index contributed by atoms with van der Waals surface area (Å²) in [5.41, 5.74) is 2.86. The van der Waals surface area contributed by atoms with Gasteiger partial charge in [0.15, 0.2) is 0 Å². The monoisotopic (exact) mass is 394 g/mol. The summed E-state index contributed by atoms with van der Waals surface area (Å²) in [6.07, 6.45) is 3.48. The molecule has 1 saturated carbocycles. The minimum absolute atomic E-state index is 0.0505. The number of carbonyl (C=O) groups excluding carboxylic acids is 2. The zero-order valence-electron chi connectivity index (χ0n) is 17.5. The Labute approximate surface area is 173 Å². The Morgan fingerprint density at radius 2 is 1.66 bits per heavy atom. The molecule has 0 radical (unpaired) electrons. The van der Waals surface area contributed by atoms with Crippen LogP contribution in [0.4, 0.5) is 0 Å². The van der Waals surface area contributed by atoms with Gasteiger partial charge in [0.05, 0.1) is 7.11 Å². The van der Waals surface area contributed by atoms with Crippen molar-refractivity contribution >= 4 is 11.8 Å². The van der Waals surface area contributed by atoms with Crippen molar-refractivity contribution in [3.8, 4) is 16.9 Å². The first-order valence-electron chi connectivity index (χ1n) is 10.3. The van der Waals surface area contributed by atoms with E-state index in [1.807, 2.05) is 67.4 Å². The minimum atomic E-state index is 0.0505. The van der Waals surface area contributed by atoms with Crippen LogP contribution in [-0.2, 0) is 4.79 Å². The van der Waals surface area contributed by atoms with Crippen LogP contribution in [0.15, 0.2) is 48.5 Å². The Morgan fingerprint density at radius 1 is 1.03 bits per heavy atom. The normalized spacial score (nSPS) is 18.3. The van der Waals surface area contributed by atoms with E-state index in [2.05, 4.69) is 5.32 Å². The average Bonchev–Trinajstić information content (AvgIpc) is 3.25. The highest BCUT2D eigenvalue weighted by atomic mass is 16.5. The largest absolute Gasteiger partial charge is 0.497 e. The fourth-order valence-corrected chi connectivity index (χ4v) is 3.93. The van der Waals surface area contributed by atoms with Gasteiger partial charge in [-0.2, -0.15) is 0 Å². The molecule has 0 spiro atoms. The predicted octanol–water partition coefficient (Wildman–Crippen LogP) is 4.13. The fourth-order valence-electron chi connectivity index (χ4n) is 3.93. The molecule has 1 aliphatic rings. The molecule has 2 amide bonds. The summed E-state index contributed by atoms with van der Waals surface area (Å²) in [4.78, 5) is 26.2. The number of ether oxygens (including phenoxy) is 1. The van der Waals surface area contributed by atoms with Gasteiger partial charge in [-0.1, -0.05) is 31.2 Å². The van der Waals surface area contributed by atoms with Crippen LogP contribution in [0.3, 0.4) is 0 Å². The van der Waals surface area contributed by atoms with Gasteiger partial charge < -0.3 is 15.0 Å². The lowest BCUT2D eigenvalue weighted by Crippen LogP contribution is -2.36. The number of methoxy groups -OCH3 is 1. The van der Waals surface area contributed by atoms with Gasteiger partial charge in [0.25, 0.3) is 5.91 Å². The zero-order chi connectivity index (χ0) is 20.8. The summed E-state index contributed by atoms with van der Waals surface area (Å²) in [7, 11) is 3.54. The topological polar surface area (TPSA) is 58.6 Å². The molecule has 29 heavy (non-hydrogen) atoms. The van der Waals surface area contributed by atoms with E-state index in [0.717, 1.165) is 36.1 Å². The molecule has 0 aromatic heterocycles. The van der Waals surface area contributed by atoms with E-state index < -0.39 is 0 Å². The van der Waals surface area contributed by atoms with Crippen LogP contribution < -0.4 is 10.1 Å². The van der Waals surface area contributed by atoms with E-state index in [0.29, 0.717) is 24.4 Å². The average molecular weight is 395 g/mol. The summed E-state index contributed by atoms with van der Waals surface area (Å²) in [6, 6.07) is 15.9. The van der Waals surface area contributed by atoms with Crippen molar-refractivity contribution in [2.45, 2.75) is 38.6 Å². The summed E-state index contributed by atoms with van der Waals surface area (Å²) in [5.74, 6) is 1.42. The highest BCUT2D eigenvalue weighted by Gasteiger charge is 2.30. The van der Waals surface area contributed by atoms with Crippen LogP contribution in [0.25, 0.3) is 11.1 Å². The van der Waals surface area contributed by atoms with Crippen LogP contribution in [-0.4, -0.2) is 43.5 Å². The first-order chi connectivity index (χ1) is 14.0. The number of carbonyl (C=O) groups is 2. The van der Waals surface area contributed by atoms with E-state index in [1.54, 1.807) is 7.11 Å². The Bertz CT molecular complexity index is 830. The molecule has 5 heteroatoms. The first kappa shape index (κ1) is 20.9. The Morgan fingerprint density at radius 3 is 2.24 bits per heavy atom. The molecule has 5 nitrogen and oxygen atoms in total. The summed E-state index contributed by atoms with van der Waals surface area (Å²) in [5, 5.41) is 2.97. The molecular weight excluding hydrogens is 364 g/mol. The Kier molecular flexibility index (Phi) is 6.91. The number of nitrogens with one attached hydrogen (secondary N) is 1. The van der Waals surface area contributed by atoms with Gasteiger partial charge >= 0.3 is 0 Å². The van der Waals surface area contributed by atoms with Crippen molar-refractivity contribution in [2.75, 3.05) is 20.7 Å². The fraction of sp³-hybridized carbons (Fsp3) is 0.417. The molecule has 1 N–H and O–H groups in total. The number of hydrogen-bond donors (Lipinski definition) is 1. The van der Waals surface area contributed by atoms with E-state index in [4.69, 9.17) is 4.74 Å². The quantitative estimate of drug-likeness (QED) is 0.768. The van der Waals surface area contributed by atoms with Gasteiger partial charge in [-0.15, -0.1) is 0 Å². The molecule has 2 aromatic rings. The molecule has 1 fully saturated rings. The molecule has 154 valence electrons. The zero-order valence-corrected chi connectivity index (χ0v) is 17.5. The van der Waals surface area contributed by atoms with Crippen molar-refractivity contribution in [3.05, 3.63) is 54.1 Å². The number of amides is 2. The third kappa shape index (κ3) is 5.17. The van der Waals surface area contributed by atoms with Gasteiger partial charge in [-0.3, -0.25) is 9.59 Å². The van der Waals surface area contributed by atoms with Crippen molar-refractivity contribution in [1.82, 2.24) is 10.2 Å². The molecular formula is C24H30N2O3. The van der Waals surface area contributed by atoms with E-state index in [1.165, 1.54) is 0 Å². The van der Waals surface area contributed by atoms with Crippen LogP contribution in [0.1, 0.15) is 43.0 Å². The second-order valence-corrected chi connectivity index (χ2v) is 7.71. The highest BCUT2D eigenvalue weighted by Crippen LogP contribution is 2.29.